The first-order valence-electron chi connectivity index (χ1n) is 8.69. The lowest BCUT2D eigenvalue weighted by atomic mass is 9.73. The number of ketones is 1. The fraction of sp³-hybridized carbons (Fsp3) is 0.238. The Balaban J connectivity index is 1.75. The molecule has 27 heavy (non-hydrogen) atoms. The van der Waals surface area contributed by atoms with Crippen molar-refractivity contribution in [2.45, 2.75) is 31.1 Å². The molecule has 1 aliphatic heterocycles. The van der Waals surface area contributed by atoms with Gasteiger partial charge in [-0.1, -0.05) is 29.8 Å². The molecule has 0 aromatic heterocycles. The van der Waals surface area contributed by atoms with E-state index in [0.717, 1.165) is 5.56 Å². The van der Waals surface area contributed by atoms with Crippen molar-refractivity contribution in [3.05, 3.63) is 81.5 Å². The largest absolute Gasteiger partial charge is 0.329 e. The third kappa shape index (κ3) is 3.28. The van der Waals surface area contributed by atoms with Gasteiger partial charge in [-0.05, 0) is 42.2 Å². The average Bonchev–Trinajstić information content (AvgIpc) is 2.61. The molecule has 6 heteroatoms. The fourth-order valence-corrected chi connectivity index (χ4v) is 4.32. The van der Waals surface area contributed by atoms with Crippen LogP contribution in [-0.2, 0) is 9.59 Å². The summed E-state index contributed by atoms with van der Waals surface area (Å²) in [5.74, 6) is -2.14. The summed E-state index contributed by atoms with van der Waals surface area (Å²) in [6, 6.07) is 10.3. The van der Waals surface area contributed by atoms with Crippen molar-refractivity contribution in [1.82, 2.24) is 5.32 Å². The van der Waals surface area contributed by atoms with Crippen LogP contribution in [-0.4, -0.2) is 11.7 Å². The van der Waals surface area contributed by atoms with Gasteiger partial charge in [0.1, 0.15) is 11.6 Å². The average molecular weight is 388 g/mol. The Bertz CT molecular complexity index is 948. The van der Waals surface area contributed by atoms with Gasteiger partial charge in [-0.15, -0.1) is 0 Å². The maximum absolute atomic E-state index is 14.4. The Morgan fingerprint density at radius 3 is 2.41 bits per heavy atom. The summed E-state index contributed by atoms with van der Waals surface area (Å²) in [5.41, 5.74) is 1.97. The molecular formula is C21H16ClF2NO2. The molecule has 0 saturated heterocycles. The van der Waals surface area contributed by atoms with Crippen molar-refractivity contribution in [2.24, 2.45) is 0 Å². The Kier molecular flexibility index (Phi) is 4.56. The summed E-state index contributed by atoms with van der Waals surface area (Å²) in [7, 11) is 0. The number of carbonyl (C=O) groups is 2. The molecule has 0 unspecified atom stereocenters. The number of Topliss-reactive ketones (excluding diaryl/α,β-unsaturated/α-hetero) is 1. The SMILES string of the molecule is O=C1C[C@@H](c2c(F)cccc2Cl)C2=C(C[C@@H](c3ccc(F)cc3)CC2=O)N1. The highest BCUT2D eigenvalue weighted by molar-refractivity contribution is 6.31. The lowest BCUT2D eigenvalue weighted by molar-refractivity contribution is -0.122. The number of carbonyl (C=O) groups excluding carboxylic acids is 2. The lowest BCUT2D eigenvalue weighted by Crippen LogP contribution is -2.38. The van der Waals surface area contributed by atoms with Gasteiger partial charge in [-0.25, -0.2) is 8.78 Å². The highest BCUT2D eigenvalue weighted by Crippen LogP contribution is 2.44. The minimum absolute atomic E-state index is 0.0214. The van der Waals surface area contributed by atoms with Crippen LogP contribution in [0.3, 0.4) is 0 Å². The third-order valence-corrected chi connectivity index (χ3v) is 5.56. The first kappa shape index (κ1) is 17.9. The molecule has 138 valence electrons. The van der Waals surface area contributed by atoms with Crippen LogP contribution in [0.4, 0.5) is 8.78 Å². The van der Waals surface area contributed by atoms with Crippen LogP contribution in [0.1, 0.15) is 42.2 Å². The summed E-state index contributed by atoms with van der Waals surface area (Å²) in [6.45, 7) is 0. The van der Waals surface area contributed by atoms with Gasteiger partial charge >= 0.3 is 0 Å². The molecule has 0 fully saturated rings. The van der Waals surface area contributed by atoms with Gasteiger partial charge < -0.3 is 5.32 Å². The van der Waals surface area contributed by atoms with E-state index < -0.39 is 11.7 Å². The topological polar surface area (TPSA) is 46.2 Å². The Hall–Kier alpha value is -2.53. The summed E-state index contributed by atoms with van der Waals surface area (Å²) < 4.78 is 27.6. The quantitative estimate of drug-likeness (QED) is 0.817. The van der Waals surface area contributed by atoms with Crippen LogP contribution in [0.15, 0.2) is 53.7 Å². The van der Waals surface area contributed by atoms with Crippen LogP contribution in [0.5, 0.6) is 0 Å². The normalized spacial score (nSPS) is 22.5. The van der Waals surface area contributed by atoms with E-state index in [2.05, 4.69) is 5.32 Å². The molecule has 0 spiro atoms. The van der Waals surface area contributed by atoms with Gasteiger partial charge in [-0.3, -0.25) is 9.59 Å². The fourth-order valence-electron chi connectivity index (χ4n) is 4.02. The van der Waals surface area contributed by atoms with Crippen LogP contribution in [0.25, 0.3) is 0 Å². The van der Waals surface area contributed by atoms with Crippen LogP contribution < -0.4 is 5.32 Å². The summed E-state index contributed by atoms with van der Waals surface area (Å²) in [6.07, 6.45) is 0.635. The first-order chi connectivity index (χ1) is 12.9. The molecule has 0 radical (unpaired) electrons. The molecule has 1 N–H and O–H groups in total. The zero-order valence-corrected chi connectivity index (χ0v) is 15.0. The second-order valence-electron chi connectivity index (χ2n) is 6.91. The minimum Gasteiger partial charge on any atom is -0.329 e. The number of hydrogen-bond donors (Lipinski definition) is 1. The highest BCUT2D eigenvalue weighted by atomic mass is 35.5. The number of nitrogens with one attached hydrogen (secondary N) is 1. The van der Waals surface area contributed by atoms with E-state index in [4.69, 9.17) is 11.6 Å². The Morgan fingerprint density at radius 1 is 0.963 bits per heavy atom. The molecule has 2 aromatic carbocycles. The van der Waals surface area contributed by atoms with E-state index in [1.54, 1.807) is 18.2 Å². The molecule has 2 aliphatic rings. The molecular weight excluding hydrogens is 372 g/mol. The van der Waals surface area contributed by atoms with Crippen molar-refractivity contribution in [1.29, 1.82) is 0 Å². The Labute approximate surface area is 160 Å². The van der Waals surface area contributed by atoms with Crippen LogP contribution in [0.2, 0.25) is 5.02 Å². The van der Waals surface area contributed by atoms with Crippen molar-refractivity contribution in [2.75, 3.05) is 0 Å². The van der Waals surface area contributed by atoms with E-state index >= 15 is 0 Å². The first-order valence-corrected chi connectivity index (χ1v) is 9.07. The van der Waals surface area contributed by atoms with Gasteiger partial charge in [0.2, 0.25) is 5.91 Å². The Morgan fingerprint density at radius 2 is 1.70 bits per heavy atom. The lowest BCUT2D eigenvalue weighted by Gasteiger charge is -2.34. The predicted octanol–water partition coefficient (Wildman–Crippen LogP) is 4.62. The number of halogens is 3. The molecule has 0 bridgehead atoms. The van der Waals surface area contributed by atoms with E-state index in [1.165, 1.54) is 24.3 Å². The van der Waals surface area contributed by atoms with Crippen molar-refractivity contribution in [3.63, 3.8) is 0 Å². The number of amides is 1. The molecule has 2 aromatic rings. The van der Waals surface area contributed by atoms with E-state index in [9.17, 15) is 18.4 Å². The van der Waals surface area contributed by atoms with E-state index in [0.29, 0.717) is 17.7 Å². The van der Waals surface area contributed by atoms with Crippen molar-refractivity contribution < 1.29 is 18.4 Å². The molecule has 4 rings (SSSR count). The van der Waals surface area contributed by atoms with E-state index in [-0.39, 0.29) is 46.9 Å². The van der Waals surface area contributed by atoms with Crippen molar-refractivity contribution >= 4 is 23.3 Å². The van der Waals surface area contributed by atoms with Gasteiger partial charge in [0, 0.05) is 40.6 Å². The number of rotatable bonds is 2. The smallest absolute Gasteiger partial charge is 0.225 e. The standard InChI is InChI=1S/C21H16ClF2NO2/c22-15-2-1-3-16(24)20(15)14-10-19(27)25-17-8-12(9-18(26)21(14)17)11-4-6-13(23)7-5-11/h1-7,12,14H,8-10H2,(H,25,27)/t12-,14+/m1/s1. The molecule has 0 saturated carbocycles. The second kappa shape index (κ2) is 6.89. The zero-order chi connectivity index (χ0) is 19.1. The maximum Gasteiger partial charge on any atom is 0.225 e. The number of benzene rings is 2. The summed E-state index contributed by atoms with van der Waals surface area (Å²) >= 11 is 6.19. The summed E-state index contributed by atoms with van der Waals surface area (Å²) in [4.78, 5) is 25.2. The van der Waals surface area contributed by atoms with Crippen LogP contribution >= 0.6 is 11.6 Å². The maximum atomic E-state index is 14.4. The van der Waals surface area contributed by atoms with E-state index in [1.807, 2.05) is 0 Å². The van der Waals surface area contributed by atoms with Gasteiger partial charge in [0.05, 0.1) is 0 Å². The molecule has 1 heterocycles. The van der Waals surface area contributed by atoms with Crippen molar-refractivity contribution in [3.8, 4) is 0 Å². The molecule has 2 atom stereocenters. The monoisotopic (exact) mass is 387 g/mol. The summed E-state index contributed by atoms with van der Waals surface area (Å²) in [5, 5.41) is 2.98. The predicted molar refractivity (Wildman–Crippen MR) is 97.3 cm³/mol. The van der Waals surface area contributed by atoms with Gasteiger partial charge in [0.15, 0.2) is 5.78 Å². The molecule has 1 aliphatic carbocycles. The van der Waals surface area contributed by atoms with Gasteiger partial charge in [-0.2, -0.15) is 0 Å². The molecule has 1 amide bonds. The zero-order valence-electron chi connectivity index (χ0n) is 14.3. The highest BCUT2D eigenvalue weighted by Gasteiger charge is 2.39. The van der Waals surface area contributed by atoms with Crippen LogP contribution in [0, 0.1) is 11.6 Å². The molecule has 3 nitrogen and oxygen atoms in total. The number of allylic oxidation sites excluding steroid dienone is 2. The minimum atomic E-state index is -0.691. The second-order valence-corrected chi connectivity index (χ2v) is 7.32. The number of hydrogen-bond acceptors (Lipinski definition) is 2. The third-order valence-electron chi connectivity index (χ3n) is 5.23. The van der Waals surface area contributed by atoms with Gasteiger partial charge in [0.25, 0.3) is 0 Å².